The summed E-state index contributed by atoms with van der Waals surface area (Å²) in [5, 5.41) is 0.689. The van der Waals surface area contributed by atoms with E-state index in [1.165, 1.54) is 0 Å². The number of hydrogen-bond acceptors (Lipinski definition) is 2. The molecule has 0 bridgehead atoms. The standard InChI is InChI=1S/C16H16Cl2O2/c1-2-19-15-9-5-7-12(10-17)16(15)20-11-13-6-3-4-8-14(13)18/h3-9H,2,10-11H2,1H3. The van der Waals surface area contributed by atoms with Gasteiger partial charge in [-0.15, -0.1) is 11.6 Å². The van der Waals surface area contributed by atoms with E-state index < -0.39 is 0 Å². The van der Waals surface area contributed by atoms with Crippen molar-refractivity contribution in [1.82, 2.24) is 0 Å². The Balaban J connectivity index is 2.21. The molecule has 0 spiro atoms. The van der Waals surface area contributed by atoms with E-state index in [9.17, 15) is 0 Å². The van der Waals surface area contributed by atoms with Crippen LogP contribution in [-0.4, -0.2) is 6.61 Å². The van der Waals surface area contributed by atoms with Crippen LogP contribution in [0.5, 0.6) is 11.5 Å². The summed E-state index contributed by atoms with van der Waals surface area (Å²) in [4.78, 5) is 0. The van der Waals surface area contributed by atoms with Crippen LogP contribution < -0.4 is 9.47 Å². The zero-order chi connectivity index (χ0) is 14.4. The molecule has 0 N–H and O–H groups in total. The van der Waals surface area contributed by atoms with Crippen molar-refractivity contribution in [3.63, 3.8) is 0 Å². The van der Waals surface area contributed by atoms with Crippen LogP contribution >= 0.6 is 23.2 Å². The molecule has 0 radical (unpaired) electrons. The van der Waals surface area contributed by atoms with Gasteiger partial charge in [0.1, 0.15) is 6.61 Å². The summed E-state index contributed by atoms with van der Waals surface area (Å²) in [5.41, 5.74) is 1.84. The van der Waals surface area contributed by atoms with Crippen LogP contribution in [0.2, 0.25) is 5.02 Å². The summed E-state index contributed by atoms with van der Waals surface area (Å²) in [6, 6.07) is 13.3. The number of halogens is 2. The van der Waals surface area contributed by atoms with Gasteiger partial charge in [-0.05, 0) is 19.1 Å². The lowest BCUT2D eigenvalue weighted by Gasteiger charge is -2.15. The monoisotopic (exact) mass is 310 g/mol. The van der Waals surface area contributed by atoms with Gasteiger partial charge in [0.15, 0.2) is 11.5 Å². The smallest absolute Gasteiger partial charge is 0.166 e. The Kier molecular flexibility index (Phi) is 5.57. The Labute approximate surface area is 129 Å². The SMILES string of the molecule is CCOc1cccc(CCl)c1OCc1ccccc1Cl. The molecule has 2 aromatic carbocycles. The van der Waals surface area contributed by atoms with Crippen LogP contribution in [0.25, 0.3) is 0 Å². The van der Waals surface area contributed by atoms with Gasteiger partial charge in [-0.3, -0.25) is 0 Å². The second-order valence-corrected chi connectivity index (χ2v) is 4.87. The van der Waals surface area contributed by atoms with Crippen molar-refractivity contribution in [3.8, 4) is 11.5 Å². The fourth-order valence-corrected chi connectivity index (χ4v) is 2.27. The number of ether oxygens (including phenoxy) is 2. The highest BCUT2D eigenvalue weighted by molar-refractivity contribution is 6.31. The summed E-state index contributed by atoms with van der Waals surface area (Å²) in [5.74, 6) is 1.76. The molecule has 2 rings (SSSR count). The number of alkyl halides is 1. The van der Waals surface area contributed by atoms with Gasteiger partial charge >= 0.3 is 0 Å². The third-order valence-corrected chi connectivity index (χ3v) is 3.49. The molecular formula is C16H16Cl2O2. The van der Waals surface area contributed by atoms with Gasteiger partial charge in [0.25, 0.3) is 0 Å². The minimum atomic E-state index is 0.374. The van der Waals surface area contributed by atoms with Gasteiger partial charge in [0.2, 0.25) is 0 Å². The molecule has 2 nitrogen and oxygen atoms in total. The summed E-state index contributed by atoms with van der Waals surface area (Å²) in [6.07, 6.45) is 0. The minimum absolute atomic E-state index is 0.374. The molecule has 0 atom stereocenters. The Bertz CT molecular complexity index is 570. The highest BCUT2D eigenvalue weighted by Gasteiger charge is 2.11. The summed E-state index contributed by atoms with van der Waals surface area (Å²) in [6.45, 7) is 2.90. The molecule has 4 heteroatoms. The third-order valence-electron chi connectivity index (χ3n) is 2.83. The molecule has 0 unspecified atom stereocenters. The number of para-hydroxylation sites is 1. The third kappa shape index (κ3) is 3.59. The highest BCUT2D eigenvalue weighted by atomic mass is 35.5. The first kappa shape index (κ1) is 15.0. The molecule has 2 aromatic rings. The maximum atomic E-state index is 6.13. The zero-order valence-corrected chi connectivity index (χ0v) is 12.7. The molecule has 0 saturated heterocycles. The van der Waals surface area contributed by atoms with Gasteiger partial charge in [0, 0.05) is 16.1 Å². The van der Waals surface area contributed by atoms with Crippen molar-refractivity contribution in [1.29, 1.82) is 0 Å². The molecule has 0 aromatic heterocycles. The molecule has 0 aliphatic heterocycles. The molecule has 0 fully saturated rings. The van der Waals surface area contributed by atoms with Crippen LogP contribution in [0.15, 0.2) is 42.5 Å². The molecule has 106 valence electrons. The van der Waals surface area contributed by atoms with Crippen molar-refractivity contribution in [2.75, 3.05) is 6.61 Å². The Morgan fingerprint density at radius 2 is 1.70 bits per heavy atom. The first-order chi connectivity index (χ1) is 9.76. The van der Waals surface area contributed by atoms with E-state index >= 15 is 0 Å². The van der Waals surface area contributed by atoms with Crippen molar-refractivity contribution in [2.24, 2.45) is 0 Å². The van der Waals surface area contributed by atoms with E-state index in [2.05, 4.69) is 0 Å². The average molecular weight is 311 g/mol. The van der Waals surface area contributed by atoms with Crippen LogP contribution in [0.4, 0.5) is 0 Å². The Morgan fingerprint density at radius 1 is 0.950 bits per heavy atom. The van der Waals surface area contributed by atoms with E-state index in [1.54, 1.807) is 0 Å². The van der Waals surface area contributed by atoms with Crippen molar-refractivity contribution < 1.29 is 9.47 Å². The first-order valence-corrected chi connectivity index (χ1v) is 7.34. The quantitative estimate of drug-likeness (QED) is 0.695. The normalized spacial score (nSPS) is 10.3. The Morgan fingerprint density at radius 3 is 2.40 bits per heavy atom. The molecule has 0 heterocycles. The maximum absolute atomic E-state index is 6.13. The maximum Gasteiger partial charge on any atom is 0.166 e. The van der Waals surface area contributed by atoms with E-state index in [4.69, 9.17) is 32.7 Å². The highest BCUT2D eigenvalue weighted by Crippen LogP contribution is 2.33. The zero-order valence-electron chi connectivity index (χ0n) is 11.2. The fourth-order valence-electron chi connectivity index (χ4n) is 1.86. The van der Waals surface area contributed by atoms with Crippen LogP contribution in [0, 0.1) is 0 Å². The first-order valence-electron chi connectivity index (χ1n) is 6.43. The van der Waals surface area contributed by atoms with Crippen LogP contribution in [0.3, 0.4) is 0 Å². The van der Waals surface area contributed by atoms with Gasteiger partial charge in [0.05, 0.1) is 12.5 Å². The molecular weight excluding hydrogens is 295 g/mol. The summed E-state index contributed by atoms with van der Waals surface area (Å²) in [7, 11) is 0. The molecule has 0 amide bonds. The van der Waals surface area contributed by atoms with Crippen molar-refractivity contribution in [3.05, 3.63) is 58.6 Å². The van der Waals surface area contributed by atoms with Crippen LogP contribution in [0.1, 0.15) is 18.1 Å². The van der Waals surface area contributed by atoms with E-state index in [0.29, 0.717) is 35.6 Å². The number of rotatable bonds is 6. The average Bonchev–Trinajstić information content (AvgIpc) is 2.47. The van der Waals surface area contributed by atoms with Crippen LogP contribution in [-0.2, 0) is 12.5 Å². The molecule has 0 saturated carbocycles. The molecule has 0 aliphatic rings. The van der Waals surface area contributed by atoms with Crippen molar-refractivity contribution >= 4 is 23.2 Å². The molecule has 20 heavy (non-hydrogen) atoms. The predicted molar refractivity (Wildman–Crippen MR) is 83.0 cm³/mol. The largest absolute Gasteiger partial charge is 0.490 e. The fraction of sp³-hybridized carbons (Fsp3) is 0.250. The van der Waals surface area contributed by atoms with E-state index in [0.717, 1.165) is 11.1 Å². The number of hydrogen-bond donors (Lipinski definition) is 0. The van der Waals surface area contributed by atoms with Gasteiger partial charge < -0.3 is 9.47 Å². The second-order valence-electron chi connectivity index (χ2n) is 4.19. The summed E-state index contributed by atoms with van der Waals surface area (Å²) >= 11 is 12.1. The lowest BCUT2D eigenvalue weighted by molar-refractivity contribution is 0.267. The number of benzene rings is 2. The lowest BCUT2D eigenvalue weighted by atomic mass is 10.2. The van der Waals surface area contributed by atoms with Gasteiger partial charge in [-0.1, -0.05) is 41.9 Å². The van der Waals surface area contributed by atoms with Crippen molar-refractivity contribution in [2.45, 2.75) is 19.4 Å². The van der Waals surface area contributed by atoms with E-state index in [-0.39, 0.29) is 0 Å². The topological polar surface area (TPSA) is 18.5 Å². The van der Waals surface area contributed by atoms with Gasteiger partial charge in [-0.25, -0.2) is 0 Å². The second kappa shape index (κ2) is 7.41. The minimum Gasteiger partial charge on any atom is -0.490 e. The van der Waals surface area contributed by atoms with E-state index in [1.807, 2.05) is 49.4 Å². The lowest BCUT2D eigenvalue weighted by Crippen LogP contribution is -2.02. The van der Waals surface area contributed by atoms with Gasteiger partial charge in [-0.2, -0.15) is 0 Å². The summed E-state index contributed by atoms with van der Waals surface area (Å²) < 4.78 is 11.5. The predicted octanol–water partition coefficient (Wildman–Crippen LogP) is 5.06. The molecule has 0 aliphatic carbocycles. The Hall–Kier alpha value is -1.38.